The number of nitrogens with zero attached hydrogens (tertiary/aromatic N) is 3. The van der Waals surface area contributed by atoms with Crippen molar-refractivity contribution in [3.8, 4) is 5.75 Å². The fourth-order valence-electron chi connectivity index (χ4n) is 3.02. The summed E-state index contributed by atoms with van der Waals surface area (Å²) in [7, 11) is 1.64. The zero-order valence-electron chi connectivity index (χ0n) is 14.8. The normalized spacial score (nSPS) is 18.8. The molecule has 1 fully saturated rings. The van der Waals surface area contributed by atoms with Crippen LogP contribution < -0.4 is 4.74 Å². The number of amides is 1. The number of rotatable bonds is 5. The summed E-state index contributed by atoms with van der Waals surface area (Å²) in [5.41, 5.74) is 0. The Kier molecular flexibility index (Phi) is 5.63. The number of hydrogen-bond donors (Lipinski definition) is 0. The van der Waals surface area contributed by atoms with Crippen molar-refractivity contribution in [2.24, 2.45) is 0 Å². The van der Waals surface area contributed by atoms with E-state index in [-0.39, 0.29) is 17.1 Å². The highest BCUT2D eigenvalue weighted by Crippen LogP contribution is 2.30. The molecule has 0 saturated carbocycles. The van der Waals surface area contributed by atoms with Gasteiger partial charge in [-0.05, 0) is 51.0 Å². The molecule has 6 nitrogen and oxygen atoms in total. The molecule has 7 heteroatoms. The zero-order valence-corrected chi connectivity index (χ0v) is 15.6. The fourth-order valence-corrected chi connectivity index (χ4v) is 3.98. The second kappa shape index (κ2) is 7.91. The van der Waals surface area contributed by atoms with Crippen LogP contribution in [0.3, 0.4) is 0 Å². The maximum Gasteiger partial charge on any atom is 0.235 e. The topological polar surface area (TPSA) is 68.5 Å². The molecule has 0 aliphatic carbocycles. The predicted octanol–water partition coefficient (Wildman–Crippen LogP) is 3.27. The first-order valence-electron chi connectivity index (χ1n) is 8.46. The maximum absolute atomic E-state index is 12.8. The van der Waals surface area contributed by atoms with Crippen LogP contribution in [0.25, 0.3) is 0 Å². The average molecular weight is 361 g/mol. The third-order valence-corrected chi connectivity index (χ3v) is 5.45. The van der Waals surface area contributed by atoms with Crippen molar-refractivity contribution >= 4 is 17.7 Å². The molecule has 0 spiro atoms. The Morgan fingerprint density at radius 1 is 1.40 bits per heavy atom. The van der Waals surface area contributed by atoms with Gasteiger partial charge in [0.1, 0.15) is 5.75 Å². The maximum atomic E-state index is 12.8. The Balaban J connectivity index is 1.60. The Morgan fingerprint density at radius 2 is 2.16 bits per heavy atom. The third kappa shape index (κ3) is 4.34. The second-order valence-corrected chi connectivity index (χ2v) is 7.65. The van der Waals surface area contributed by atoms with Crippen molar-refractivity contribution in [3.05, 3.63) is 36.0 Å². The van der Waals surface area contributed by atoms with Gasteiger partial charge in [0.15, 0.2) is 5.82 Å². The molecule has 1 aliphatic rings. The zero-order chi connectivity index (χ0) is 17.8. The van der Waals surface area contributed by atoms with E-state index >= 15 is 0 Å². The van der Waals surface area contributed by atoms with Gasteiger partial charge in [0.2, 0.25) is 11.8 Å². The van der Waals surface area contributed by atoms with E-state index in [1.165, 1.54) is 0 Å². The van der Waals surface area contributed by atoms with E-state index in [1.54, 1.807) is 18.9 Å². The number of carbonyl (C=O) groups excluding carboxylic acids is 1. The number of likely N-dealkylation sites (tertiary alicyclic amines) is 1. The van der Waals surface area contributed by atoms with Gasteiger partial charge in [0.25, 0.3) is 0 Å². The average Bonchev–Trinajstić information content (AvgIpc) is 3.08. The summed E-state index contributed by atoms with van der Waals surface area (Å²) < 4.78 is 10.5. The van der Waals surface area contributed by atoms with Crippen LogP contribution >= 0.6 is 11.8 Å². The molecule has 2 aromatic rings. The van der Waals surface area contributed by atoms with Crippen molar-refractivity contribution in [3.63, 3.8) is 0 Å². The van der Waals surface area contributed by atoms with Gasteiger partial charge in [-0.15, -0.1) is 11.8 Å². The van der Waals surface area contributed by atoms with Gasteiger partial charge >= 0.3 is 0 Å². The number of carbonyl (C=O) groups is 1. The molecule has 2 heterocycles. The van der Waals surface area contributed by atoms with Crippen LogP contribution in [0.15, 0.2) is 33.7 Å². The van der Waals surface area contributed by atoms with E-state index in [2.05, 4.69) is 10.1 Å². The van der Waals surface area contributed by atoms with Crippen LogP contribution in [0.4, 0.5) is 0 Å². The lowest BCUT2D eigenvalue weighted by atomic mass is 9.98. The molecule has 1 saturated heterocycles. The largest absolute Gasteiger partial charge is 0.497 e. The van der Waals surface area contributed by atoms with Gasteiger partial charge < -0.3 is 14.2 Å². The molecule has 1 aromatic heterocycles. The summed E-state index contributed by atoms with van der Waals surface area (Å²) >= 11 is 1.57. The van der Waals surface area contributed by atoms with Crippen molar-refractivity contribution in [2.45, 2.75) is 42.8 Å². The molecule has 2 atom stereocenters. The second-order valence-electron chi connectivity index (χ2n) is 6.24. The van der Waals surface area contributed by atoms with Crippen molar-refractivity contribution in [1.29, 1.82) is 0 Å². The standard InChI is InChI=1S/C18H23N3O3S/c1-12(25-16-8-6-15(23-3)7-9-16)18(22)21-10-4-5-14(11-21)17-19-13(2)20-24-17/h6-9,12,14H,4-5,10-11H2,1-3H3. The summed E-state index contributed by atoms with van der Waals surface area (Å²) in [6.45, 7) is 5.20. The summed E-state index contributed by atoms with van der Waals surface area (Å²) in [4.78, 5) is 20.1. The van der Waals surface area contributed by atoms with Crippen LogP contribution in [-0.4, -0.2) is 46.4 Å². The van der Waals surface area contributed by atoms with Crippen molar-refractivity contribution < 1.29 is 14.1 Å². The number of methoxy groups -OCH3 is 1. The van der Waals surface area contributed by atoms with Crippen LogP contribution in [0, 0.1) is 6.92 Å². The van der Waals surface area contributed by atoms with Gasteiger partial charge in [-0.2, -0.15) is 4.98 Å². The summed E-state index contributed by atoms with van der Waals surface area (Å²) in [6, 6.07) is 7.78. The van der Waals surface area contributed by atoms with Gasteiger partial charge in [-0.25, -0.2) is 0 Å². The summed E-state index contributed by atoms with van der Waals surface area (Å²) in [6.07, 6.45) is 1.93. The number of piperidine rings is 1. The van der Waals surface area contributed by atoms with E-state index in [1.807, 2.05) is 43.0 Å². The SMILES string of the molecule is COc1ccc(SC(C)C(=O)N2CCCC(c3nc(C)no3)C2)cc1. The van der Waals surface area contributed by atoms with Crippen molar-refractivity contribution in [2.75, 3.05) is 20.2 Å². The number of aryl methyl sites for hydroxylation is 1. The predicted molar refractivity (Wildman–Crippen MR) is 95.9 cm³/mol. The van der Waals surface area contributed by atoms with Gasteiger partial charge in [0, 0.05) is 18.0 Å². The van der Waals surface area contributed by atoms with Gasteiger partial charge in [-0.1, -0.05) is 5.16 Å². The highest BCUT2D eigenvalue weighted by Gasteiger charge is 2.30. The van der Waals surface area contributed by atoms with Crippen molar-refractivity contribution in [1.82, 2.24) is 15.0 Å². The number of ether oxygens (including phenoxy) is 1. The molecule has 1 amide bonds. The van der Waals surface area contributed by atoms with E-state index in [0.29, 0.717) is 18.3 Å². The Morgan fingerprint density at radius 3 is 2.80 bits per heavy atom. The minimum absolute atomic E-state index is 0.136. The molecule has 2 unspecified atom stereocenters. The minimum Gasteiger partial charge on any atom is -0.497 e. The van der Waals surface area contributed by atoms with Crippen LogP contribution in [-0.2, 0) is 4.79 Å². The molecule has 0 N–H and O–H groups in total. The Bertz CT molecular complexity index is 717. The lowest BCUT2D eigenvalue weighted by Crippen LogP contribution is -2.42. The lowest BCUT2D eigenvalue weighted by Gasteiger charge is -2.32. The summed E-state index contributed by atoms with van der Waals surface area (Å²) in [5, 5.41) is 3.72. The summed E-state index contributed by atoms with van der Waals surface area (Å²) in [5.74, 6) is 2.39. The number of thioether (sulfide) groups is 1. The van der Waals surface area contributed by atoms with E-state index in [0.717, 1.165) is 30.0 Å². The highest BCUT2D eigenvalue weighted by molar-refractivity contribution is 8.00. The smallest absolute Gasteiger partial charge is 0.235 e. The fraction of sp³-hybridized carbons (Fsp3) is 0.500. The number of hydrogen-bond acceptors (Lipinski definition) is 6. The molecule has 134 valence electrons. The van der Waals surface area contributed by atoms with Crippen LogP contribution in [0.1, 0.15) is 37.4 Å². The first kappa shape index (κ1) is 17.8. The quantitative estimate of drug-likeness (QED) is 0.762. The molecule has 3 rings (SSSR count). The van der Waals surface area contributed by atoms with E-state index in [9.17, 15) is 4.79 Å². The Hall–Kier alpha value is -2.02. The third-order valence-electron chi connectivity index (χ3n) is 4.35. The van der Waals surface area contributed by atoms with Crippen LogP contribution in [0.5, 0.6) is 5.75 Å². The first-order chi connectivity index (χ1) is 12.1. The molecule has 0 radical (unpaired) electrons. The molecule has 1 aliphatic heterocycles. The number of benzene rings is 1. The van der Waals surface area contributed by atoms with E-state index < -0.39 is 0 Å². The first-order valence-corrected chi connectivity index (χ1v) is 9.34. The van der Waals surface area contributed by atoms with Gasteiger partial charge in [0.05, 0.1) is 18.3 Å². The minimum atomic E-state index is -0.142. The Labute approximate surface area is 151 Å². The molecule has 0 bridgehead atoms. The number of aromatic nitrogens is 2. The molecular weight excluding hydrogens is 338 g/mol. The monoisotopic (exact) mass is 361 g/mol. The van der Waals surface area contributed by atoms with Gasteiger partial charge in [-0.3, -0.25) is 4.79 Å². The molecular formula is C18H23N3O3S. The van der Waals surface area contributed by atoms with Crippen LogP contribution in [0.2, 0.25) is 0 Å². The van der Waals surface area contributed by atoms with E-state index in [4.69, 9.17) is 9.26 Å². The molecule has 1 aromatic carbocycles. The molecule has 25 heavy (non-hydrogen) atoms. The highest BCUT2D eigenvalue weighted by atomic mass is 32.2. The lowest BCUT2D eigenvalue weighted by molar-refractivity contribution is -0.131.